The number of nitrogens with one attached hydrogen (secondary N) is 1. The van der Waals surface area contributed by atoms with E-state index in [2.05, 4.69) is 51.5 Å². The summed E-state index contributed by atoms with van der Waals surface area (Å²) in [6, 6.07) is 18.4. The Morgan fingerprint density at radius 2 is 1.90 bits per heavy atom. The minimum atomic E-state index is 0.696. The first-order chi connectivity index (χ1) is 10.2. The monoisotopic (exact) mass is 341 g/mol. The molecule has 0 fully saturated rings. The molecule has 0 bridgehead atoms. The van der Waals surface area contributed by atoms with Gasteiger partial charge in [0.2, 0.25) is 0 Å². The number of anilines is 1. The van der Waals surface area contributed by atoms with Crippen LogP contribution in [0.25, 0.3) is 5.69 Å². The van der Waals surface area contributed by atoms with Crippen molar-refractivity contribution in [2.75, 3.05) is 5.32 Å². The van der Waals surface area contributed by atoms with Gasteiger partial charge in [-0.3, -0.25) is 0 Å². The minimum Gasteiger partial charge on any atom is -0.378 e. The Balaban J connectivity index is 1.70. The van der Waals surface area contributed by atoms with Gasteiger partial charge in [0.05, 0.1) is 17.9 Å². The molecule has 3 nitrogen and oxygen atoms in total. The highest BCUT2D eigenvalue weighted by Gasteiger charge is 2.03. The van der Waals surface area contributed by atoms with Crippen LogP contribution in [0.2, 0.25) is 0 Å². The third-order valence-electron chi connectivity index (χ3n) is 3.25. The van der Waals surface area contributed by atoms with Crippen molar-refractivity contribution >= 4 is 21.6 Å². The van der Waals surface area contributed by atoms with E-state index >= 15 is 0 Å². The molecule has 0 aliphatic heterocycles. The predicted octanol–water partition coefficient (Wildman–Crippen LogP) is 4.56. The predicted molar refractivity (Wildman–Crippen MR) is 89.8 cm³/mol. The summed E-state index contributed by atoms with van der Waals surface area (Å²) < 4.78 is 2.96. The standard InChI is InChI=1S/C17H16BrN3/c1-13-7-8-17(16(18)11-13)19-12-14-9-10-21(20-14)15-5-3-2-4-6-15/h2-11,19H,12H2,1H3. The molecule has 0 radical (unpaired) electrons. The van der Waals surface area contributed by atoms with Gasteiger partial charge in [-0.15, -0.1) is 0 Å². The van der Waals surface area contributed by atoms with Gasteiger partial charge in [-0.25, -0.2) is 4.68 Å². The van der Waals surface area contributed by atoms with Crippen LogP contribution >= 0.6 is 15.9 Å². The molecular weight excluding hydrogens is 326 g/mol. The highest BCUT2D eigenvalue weighted by molar-refractivity contribution is 9.10. The van der Waals surface area contributed by atoms with Crippen LogP contribution in [0.1, 0.15) is 11.3 Å². The first-order valence-electron chi connectivity index (χ1n) is 6.82. The van der Waals surface area contributed by atoms with Crippen molar-refractivity contribution in [1.82, 2.24) is 9.78 Å². The van der Waals surface area contributed by atoms with Crippen LogP contribution in [-0.4, -0.2) is 9.78 Å². The highest BCUT2D eigenvalue weighted by Crippen LogP contribution is 2.23. The van der Waals surface area contributed by atoms with Crippen LogP contribution in [0.4, 0.5) is 5.69 Å². The smallest absolute Gasteiger partial charge is 0.0819 e. The van der Waals surface area contributed by atoms with Crippen LogP contribution in [-0.2, 0) is 6.54 Å². The van der Waals surface area contributed by atoms with Gasteiger partial charge in [-0.2, -0.15) is 5.10 Å². The van der Waals surface area contributed by atoms with Crippen molar-refractivity contribution in [3.63, 3.8) is 0 Å². The van der Waals surface area contributed by atoms with Crippen molar-refractivity contribution in [1.29, 1.82) is 0 Å². The molecule has 0 atom stereocenters. The molecule has 1 aromatic heterocycles. The number of aryl methyl sites for hydroxylation is 1. The van der Waals surface area contributed by atoms with E-state index in [1.165, 1.54) is 5.56 Å². The number of hydrogen-bond acceptors (Lipinski definition) is 2. The van der Waals surface area contributed by atoms with Gasteiger partial charge in [0, 0.05) is 16.4 Å². The second-order valence-electron chi connectivity index (χ2n) is 4.92. The van der Waals surface area contributed by atoms with Crippen LogP contribution in [0.5, 0.6) is 0 Å². The molecular formula is C17H16BrN3. The van der Waals surface area contributed by atoms with Crippen molar-refractivity contribution < 1.29 is 0 Å². The Labute approximate surface area is 132 Å². The number of aromatic nitrogens is 2. The maximum atomic E-state index is 4.58. The fourth-order valence-corrected chi connectivity index (χ4v) is 2.76. The number of para-hydroxylation sites is 1. The third kappa shape index (κ3) is 3.34. The molecule has 3 rings (SSSR count). The van der Waals surface area contributed by atoms with Crippen LogP contribution in [0.15, 0.2) is 65.3 Å². The molecule has 3 aromatic rings. The number of benzene rings is 2. The van der Waals surface area contributed by atoms with Gasteiger partial charge in [-0.05, 0) is 58.7 Å². The Morgan fingerprint density at radius 1 is 1.10 bits per heavy atom. The SMILES string of the molecule is Cc1ccc(NCc2ccn(-c3ccccc3)n2)c(Br)c1. The Morgan fingerprint density at radius 3 is 2.67 bits per heavy atom. The topological polar surface area (TPSA) is 29.9 Å². The van der Waals surface area contributed by atoms with E-state index in [1.807, 2.05) is 47.3 Å². The number of nitrogens with zero attached hydrogens (tertiary/aromatic N) is 2. The fraction of sp³-hybridized carbons (Fsp3) is 0.118. The summed E-state index contributed by atoms with van der Waals surface area (Å²) >= 11 is 3.57. The second-order valence-corrected chi connectivity index (χ2v) is 5.78. The first kappa shape index (κ1) is 13.9. The molecule has 1 N–H and O–H groups in total. The van der Waals surface area contributed by atoms with Crippen LogP contribution in [0, 0.1) is 6.92 Å². The second kappa shape index (κ2) is 6.14. The Kier molecular flexibility index (Phi) is 4.06. The number of hydrogen-bond donors (Lipinski definition) is 1. The first-order valence-corrected chi connectivity index (χ1v) is 7.62. The van der Waals surface area contributed by atoms with E-state index in [-0.39, 0.29) is 0 Å². The molecule has 0 aliphatic carbocycles. The quantitative estimate of drug-likeness (QED) is 0.754. The minimum absolute atomic E-state index is 0.696. The van der Waals surface area contributed by atoms with Crippen molar-refractivity contribution in [3.8, 4) is 5.69 Å². The summed E-state index contributed by atoms with van der Waals surface area (Å²) in [5.74, 6) is 0. The van der Waals surface area contributed by atoms with Gasteiger partial charge in [0.25, 0.3) is 0 Å². The summed E-state index contributed by atoms with van der Waals surface area (Å²) in [5, 5.41) is 7.98. The normalized spacial score (nSPS) is 10.6. The van der Waals surface area contributed by atoms with Gasteiger partial charge in [-0.1, -0.05) is 24.3 Å². The molecule has 0 amide bonds. The molecule has 4 heteroatoms. The zero-order valence-corrected chi connectivity index (χ0v) is 13.3. The lowest BCUT2D eigenvalue weighted by Gasteiger charge is -2.07. The lowest BCUT2D eigenvalue weighted by atomic mass is 10.2. The lowest BCUT2D eigenvalue weighted by Crippen LogP contribution is -2.02. The molecule has 21 heavy (non-hydrogen) atoms. The van der Waals surface area contributed by atoms with E-state index in [1.54, 1.807) is 0 Å². The van der Waals surface area contributed by atoms with E-state index in [0.29, 0.717) is 6.54 Å². The summed E-state index contributed by atoms with van der Waals surface area (Å²) in [7, 11) is 0. The van der Waals surface area contributed by atoms with E-state index in [4.69, 9.17) is 0 Å². The maximum absolute atomic E-state index is 4.58. The van der Waals surface area contributed by atoms with Gasteiger partial charge in [0.15, 0.2) is 0 Å². The van der Waals surface area contributed by atoms with Crippen molar-refractivity contribution in [2.45, 2.75) is 13.5 Å². The van der Waals surface area contributed by atoms with E-state index < -0.39 is 0 Å². The molecule has 0 saturated carbocycles. The fourth-order valence-electron chi connectivity index (χ4n) is 2.13. The van der Waals surface area contributed by atoms with Gasteiger partial charge >= 0.3 is 0 Å². The largest absolute Gasteiger partial charge is 0.378 e. The summed E-state index contributed by atoms with van der Waals surface area (Å²) in [6.45, 7) is 2.78. The van der Waals surface area contributed by atoms with Gasteiger partial charge < -0.3 is 5.32 Å². The average molecular weight is 342 g/mol. The Hall–Kier alpha value is -2.07. The molecule has 1 heterocycles. The van der Waals surface area contributed by atoms with Crippen LogP contribution in [0.3, 0.4) is 0 Å². The molecule has 0 spiro atoms. The summed E-state index contributed by atoms with van der Waals surface area (Å²) in [6.07, 6.45) is 1.98. The Bertz CT molecular complexity index is 735. The van der Waals surface area contributed by atoms with E-state index in [9.17, 15) is 0 Å². The van der Waals surface area contributed by atoms with Gasteiger partial charge in [0.1, 0.15) is 0 Å². The van der Waals surface area contributed by atoms with Crippen molar-refractivity contribution in [3.05, 3.63) is 76.5 Å². The molecule has 0 saturated heterocycles. The zero-order valence-electron chi connectivity index (χ0n) is 11.8. The average Bonchev–Trinajstić information content (AvgIpc) is 2.96. The van der Waals surface area contributed by atoms with Crippen molar-refractivity contribution in [2.24, 2.45) is 0 Å². The highest BCUT2D eigenvalue weighted by atomic mass is 79.9. The summed E-state index contributed by atoms with van der Waals surface area (Å²) in [4.78, 5) is 0. The number of rotatable bonds is 4. The number of halogens is 1. The zero-order chi connectivity index (χ0) is 14.7. The van der Waals surface area contributed by atoms with E-state index in [0.717, 1.165) is 21.5 Å². The summed E-state index contributed by atoms with van der Waals surface area (Å²) in [5.41, 5.74) is 4.39. The molecule has 106 valence electrons. The lowest BCUT2D eigenvalue weighted by molar-refractivity contribution is 0.844. The maximum Gasteiger partial charge on any atom is 0.0819 e. The third-order valence-corrected chi connectivity index (χ3v) is 3.91. The molecule has 2 aromatic carbocycles. The van der Waals surface area contributed by atoms with Crippen LogP contribution < -0.4 is 5.32 Å². The molecule has 0 aliphatic rings. The molecule has 0 unspecified atom stereocenters.